The zero-order valence-corrected chi connectivity index (χ0v) is 21.6. The molecule has 4 aromatic rings. The van der Waals surface area contributed by atoms with Crippen LogP contribution in [0.25, 0.3) is 16.7 Å². The van der Waals surface area contributed by atoms with Gasteiger partial charge < -0.3 is 10.2 Å². The summed E-state index contributed by atoms with van der Waals surface area (Å²) < 4.78 is 3.81. The van der Waals surface area contributed by atoms with E-state index in [1.54, 1.807) is 12.4 Å². The molecule has 0 bridgehead atoms. The zero-order valence-electron chi connectivity index (χ0n) is 21.6. The highest BCUT2D eigenvalue weighted by atomic mass is 16.1. The van der Waals surface area contributed by atoms with E-state index in [1.165, 1.54) is 11.1 Å². The minimum atomic E-state index is -0.197. The van der Waals surface area contributed by atoms with Crippen LogP contribution in [0.3, 0.4) is 0 Å². The molecule has 8 nitrogen and oxygen atoms in total. The van der Waals surface area contributed by atoms with Gasteiger partial charge in [-0.2, -0.15) is 0 Å². The Morgan fingerprint density at radius 1 is 1.03 bits per heavy atom. The van der Waals surface area contributed by atoms with Crippen molar-refractivity contribution in [2.45, 2.75) is 64.0 Å². The van der Waals surface area contributed by atoms with Gasteiger partial charge in [-0.3, -0.25) is 4.79 Å². The Balaban J connectivity index is 1.41. The number of hydrogen-bond acceptors (Lipinski definition) is 6. The number of fused-ring (bicyclic) bond motifs is 2. The third-order valence-electron chi connectivity index (χ3n) is 7.31. The van der Waals surface area contributed by atoms with E-state index in [9.17, 15) is 4.79 Å². The molecule has 1 unspecified atom stereocenters. The van der Waals surface area contributed by atoms with Gasteiger partial charge in [0, 0.05) is 41.7 Å². The van der Waals surface area contributed by atoms with E-state index in [2.05, 4.69) is 73.3 Å². The monoisotopic (exact) mass is 483 g/mol. The van der Waals surface area contributed by atoms with Gasteiger partial charge >= 0.3 is 0 Å². The van der Waals surface area contributed by atoms with Crippen molar-refractivity contribution < 1.29 is 0 Å². The molecule has 2 aliphatic carbocycles. The number of anilines is 2. The quantitative estimate of drug-likeness (QED) is 0.454. The molecule has 0 aliphatic heterocycles. The van der Waals surface area contributed by atoms with Crippen molar-refractivity contribution >= 4 is 22.4 Å². The minimum Gasteiger partial charge on any atom is -0.340 e. The number of nitrogens with one attached hydrogen (secondary N) is 1. The first-order chi connectivity index (χ1) is 17.2. The molecule has 0 radical (unpaired) electrons. The SMILES string of the molecule is CN(C)C1Cc2ccc(Nc3cc4c(cn3)c(=O)n(C3CC3)n4-c3ccnc(C(C)(C)C)n3)cc2C1. The summed E-state index contributed by atoms with van der Waals surface area (Å²) in [6.45, 7) is 6.28. The van der Waals surface area contributed by atoms with E-state index in [0.29, 0.717) is 23.1 Å². The summed E-state index contributed by atoms with van der Waals surface area (Å²) in [5.74, 6) is 2.16. The fourth-order valence-corrected chi connectivity index (χ4v) is 5.08. The average molecular weight is 484 g/mol. The normalized spacial score (nSPS) is 17.7. The first-order valence-corrected chi connectivity index (χ1v) is 12.7. The van der Waals surface area contributed by atoms with Crippen LogP contribution in [0.4, 0.5) is 11.5 Å². The molecule has 1 fully saturated rings. The summed E-state index contributed by atoms with van der Waals surface area (Å²) in [5, 5.41) is 4.08. The summed E-state index contributed by atoms with van der Waals surface area (Å²) in [4.78, 5) is 29.7. The van der Waals surface area contributed by atoms with Crippen molar-refractivity contribution in [2.75, 3.05) is 19.4 Å². The molecule has 1 atom stereocenters. The predicted molar refractivity (Wildman–Crippen MR) is 142 cm³/mol. The molecule has 3 heterocycles. The maximum atomic E-state index is 13.4. The van der Waals surface area contributed by atoms with E-state index >= 15 is 0 Å². The highest BCUT2D eigenvalue weighted by Gasteiger charge is 2.31. The zero-order chi connectivity index (χ0) is 25.2. The van der Waals surface area contributed by atoms with Crippen molar-refractivity contribution in [2.24, 2.45) is 0 Å². The summed E-state index contributed by atoms with van der Waals surface area (Å²) in [7, 11) is 4.29. The second-order valence-electron chi connectivity index (χ2n) is 11.4. The van der Waals surface area contributed by atoms with Crippen LogP contribution in [0.1, 0.15) is 56.6 Å². The van der Waals surface area contributed by atoms with Crippen LogP contribution < -0.4 is 10.9 Å². The van der Waals surface area contributed by atoms with Crippen LogP contribution in [0.15, 0.2) is 47.5 Å². The van der Waals surface area contributed by atoms with E-state index in [1.807, 2.05) is 21.5 Å². The number of benzene rings is 1. The molecule has 3 aromatic heterocycles. The van der Waals surface area contributed by atoms with Crippen LogP contribution in [0, 0.1) is 0 Å². The Labute approximate surface area is 211 Å². The van der Waals surface area contributed by atoms with Crippen LogP contribution in [-0.4, -0.2) is 49.4 Å². The molecule has 8 heteroatoms. The molecule has 2 aliphatic rings. The van der Waals surface area contributed by atoms with Crippen LogP contribution in [0.5, 0.6) is 0 Å². The molecule has 0 spiro atoms. The van der Waals surface area contributed by atoms with Gasteiger partial charge in [0.1, 0.15) is 11.6 Å². The lowest BCUT2D eigenvalue weighted by atomic mass is 9.96. The van der Waals surface area contributed by atoms with Crippen LogP contribution in [0.2, 0.25) is 0 Å². The second-order valence-corrected chi connectivity index (χ2v) is 11.4. The number of nitrogens with zero attached hydrogens (tertiary/aromatic N) is 6. The number of pyridine rings is 1. The predicted octanol–water partition coefficient (Wildman–Crippen LogP) is 4.38. The second kappa shape index (κ2) is 8.27. The fourth-order valence-electron chi connectivity index (χ4n) is 5.08. The number of hydrogen-bond donors (Lipinski definition) is 1. The van der Waals surface area contributed by atoms with Crippen molar-refractivity contribution in [1.29, 1.82) is 0 Å². The number of likely N-dealkylation sites (N-methyl/N-ethyl adjacent to an activating group) is 1. The average Bonchev–Trinajstić information content (AvgIpc) is 3.51. The highest BCUT2D eigenvalue weighted by Crippen LogP contribution is 2.36. The molecular weight excluding hydrogens is 450 g/mol. The first kappa shape index (κ1) is 22.9. The van der Waals surface area contributed by atoms with Crippen molar-refractivity contribution in [1.82, 2.24) is 29.2 Å². The molecule has 1 saturated carbocycles. The van der Waals surface area contributed by atoms with Gasteiger partial charge in [-0.05, 0) is 63.0 Å². The summed E-state index contributed by atoms with van der Waals surface area (Å²) in [5.41, 5.74) is 4.39. The standard InChI is InChI=1S/C28H33N7O/c1-28(2,3)27-29-11-10-25(32-27)35-23-15-24(30-16-22(23)26(36)34(35)20-8-9-20)31-19-7-6-17-13-21(33(4)5)14-18(17)12-19/h6-7,10-12,15-16,20-21H,8-9,13-14H2,1-5H3,(H,30,31). The summed E-state index contributed by atoms with van der Waals surface area (Å²) in [6, 6.07) is 11.1. The molecule has 186 valence electrons. The molecular formula is C28H33N7O. The smallest absolute Gasteiger partial charge is 0.276 e. The van der Waals surface area contributed by atoms with E-state index in [4.69, 9.17) is 4.98 Å². The maximum Gasteiger partial charge on any atom is 0.276 e. The van der Waals surface area contributed by atoms with Gasteiger partial charge in [0.25, 0.3) is 5.56 Å². The molecule has 0 amide bonds. The van der Waals surface area contributed by atoms with E-state index < -0.39 is 0 Å². The third-order valence-corrected chi connectivity index (χ3v) is 7.31. The minimum absolute atomic E-state index is 0.0188. The van der Waals surface area contributed by atoms with Gasteiger partial charge in [-0.1, -0.05) is 26.8 Å². The largest absolute Gasteiger partial charge is 0.340 e. The first-order valence-electron chi connectivity index (χ1n) is 12.7. The molecule has 1 N–H and O–H groups in total. The van der Waals surface area contributed by atoms with E-state index in [-0.39, 0.29) is 17.0 Å². The molecule has 36 heavy (non-hydrogen) atoms. The Hall–Kier alpha value is -3.52. The Morgan fingerprint density at radius 3 is 2.53 bits per heavy atom. The van der Waals surface area contributed by atoms with Gasteiger partial charge in [0.2, 0.25) is 0 Å². The lowest BCUT2D eigenvalue weighted by molar-refractivity contribution is 0.303. The lowest BCUT2D eigenvalue weighted by Crippen LogP contribution is -2.27. The van der Waals surface area contributed by atoms with E-state index in [0.717, 1.165) is 42.7 Å². The van der Waals surface area contributed by atoms with Gasteiger partial charge in [0.05, 0.1) is 16.9 Å². The van der Waals surface area contributed by atoms with Crippen LogP contribution >= 0.6 is 0 Å². The van der Waals surface area contributed by atoms with Crippen molar-refractivity contribution in [3.05, 3.63) is 70.0 Å². The fraction of sp³-hybridized carbons (Fsp3) is 0.429. The van der Waals surface area contributed by atoms with Gasteiger partial charge in [-0.15, -0.1) is 0 Å². The number of rotatable bonds is 5. The molecule has 0 saturated heterocycles. The molecule has 6 rings (SSSR count). The Kier molecular flexibility index (Phi) is 5.26. The highest BCUT2D eigenvalue weighted by molar-refractivity contribution is 5.82. The Bertz CT molecular complexity index is 1520. The van der Waals surface area contributed by atoms with Gasteiger partial charge in [0.15, 0.2) is 5.82 Å². The lowest BCUT2D eigenvalue weighted by Gasteiger charge is -2.18. The molecule has 1 aromatic carbocycles. The van der Waals surface area contributed by atoms with Gasteiger partial charge in [-0.25, -0.2) is 24.3 Å². The number of aromatic nitrogens is 5. The third kappa shape index (κ3) is 3.99. The topological polar surface area (TPSA) is 80.9 Å². The summed E-state index contributed by atoms with van der Waals surface area (Å²) >= 11 is 0. The maximum absolute atomic E-state index is 13.4. The Morgan fingerprint density at radius 2 is 1.81 bits per heavy atom. The van der Waals surface area contributed by atoms with Crippen molar-refractivity contribution in [3.8, 4) is 5.82 Å². The van der Waals surface area contributed by atoms with Crippen molar-refractivity contribution in [3.63, 3.8) is 0 Å². The summed E-state index contributed by atoms with van der Waals surface area (Å²) in [6.07, 6.45) is 7.60. The van der Waals surface area contributed by atoms with Crippen LogP contribution in [-0.2, 0) is 18.3 Å².